The number of pyridine rings is 1. The van der Waals surface area contributed by atoms with Gasteiger partial charge >= 0.3 is 5.97 Å². The van der Waals surface area contributed by atoms with Crippen LogP contribution in [0.5, 0.6) is 0 Å². The second-order valence-electron chi connectivity index (χ2n) is 4.40. The highest BCUT2D eigenvalue weighted by Crippen LogP contribution is 2.22. The Hall–Kier alpha value is -2.20. The third kappa shape index (κ3) is 2.98. The van der Waals surface area contributed by atoms with Gasteiger partial charge in [-0.15, -0.1) is 0 Å². The Morgan fingerprint density at radius 3 is 2.47 bits per heavy atom. The van der Waals surface area contributed by atoms with Crippen molar-refractivity contribution in [3.8, 4) is 11.1 Å². The fraction of sp³-hybridized carbons (Fsp3) is 0.200. The maximum Gasteiger partial charge on any atom is 0.335 e. The fourth-order valence-electron chi connectivity index (χ4n) is 1.82. The van der Waals surface area contributed by atoms with Crippen LogP contribution in [0.15, 0.2) is 42.7 Å². The van der Waals surface area contributed by atoms with E-state index >= 15 is 0 Å². The van der Waals surface area contributed by atoms with Crippen LogP contribution in [-0.4, -0.2) is 23.1 Å². The highest BCUT2D eigenvalue weighted by Gasteiger charge is 2.06. The molecule has 1 unspecified atom stereocenters. The summed E-state index contributed by atoms with van der Waals surface area (Å²) in [5, 5.41) is 12.0. The summed E-state index contributed by atoms with van der Waals surface area (Å²) in [5.41, 5.74) is 3.33. The predicted molar refractivity (Wildman–Crippen MR) is 74.1 cm³/mol. The standard InChI is InChI=1S/C15H16N2O2/c1-10(16-2)13-7-14(9-17-8-13)11-3-5-12(6-4-11)15(18)19/h3-10,16H,1-2H3,(H,18,19). The Labute approximate surface area is 112 Å². The number of carboxylic acid groups (broad SMARTS) is 1. The zero-order valence-electron chi connectivity index (χ0n) is 10.9. The first-order valence-electron chi connectivity index (χ1n) is 6.07. The van der Waals surface area contributed by atoms with Crippen molar-refractivity contribution >= 4 is 5.97 Å². The molecule has 4 nitrogen and oxygen atoms in total. The van der Waals surface area contributed by atoms with E-state index in [1.807, 2.05) is 13.2 Å². The van der Waals surface area contributed by atoms with Crippen molar-refractivity contribution in [2.24, 2.45) is 0 Å². The van der Waals surface area contributed by atoms with Gasteiger partial charge in [0.25, 0.3) is 0 Å². The molecule has 19 heavy (non-hydrogen) atoms. The summed E-state index contributed by atoms with van der Waals surface area (Å²) in [4.78, 5) is 15.0. The Morgan fingerprint density at radius 2 is 1.89 bits per heavy atom. The molecule has 0 aliphatic rings. The Balaban J connectivity index is 2.33. The lowest BCUT2D eigenvalue weighted by Gasteiger charge is -2.11. The van der Waals surface area contributed by atoms with Crippen molar-refractivity contribution in [1.29, 1.82) is 0 Å². The van der Waals surface area contributed by atoms with Crippen molar-refractivity contribution < 1.29 is 9.90 Å². The summed E-state index contributed by atoms with van der Waals surface area (Å²) in [6, 6.07) is 9.09. The lowest BCUT2D eigenvalue weighted by molar-refractivity contribution is 0.0697. The van der Waals surface area contributed by atoms with E-state index in [0.717, 1.165) is 16.7 Å². The number of carboxylic acids is 1. The first-order valence-corrected chi connectivity index (χ1v) is 6.07. The summed E-state index contributed by atoms with van der Waals surface area (Å²) in [6.45, 7) is 2.06. The molecule has 98 valence electrons. The second kappa shape index (κ2) is 5.63. The van der Waals surface area contributed by atoms with Crippen LogP contribution in [0, 0.1) is 0 Å². The minimum Gasteiger partial charge on any atom is -0.478 e. The molecule has 4 heteroatoms. The van der Waals surface area contributed by atoms with E-state index in [4.69, 9.17) is 5.11 Å². The number of nitrogens with zero attached hydrogens (tertiary/aromatic N) is 1. The maximum atomic E-state index is 10.8. The quantitative estimate of drug-likeness (QED) is 0.883. The minimum absolute atomic E-state index is 0.228. The highest BCUT2D eigenvalue weighted by atomic mass is 16.4. The summed E-state index contributed by atoms with van der Waals surface area (Å²) < 4.78 is 0. The average Bonchev–Trinajstić information content (AvgIpc) is 2.46. The zero-order chi connectivity index (χ0) is 13.8. The molecule has 1 aromatic heterocycles. The van der Waals surface area contributed by atoms with Gasteiger partial charge < -0.3 is 10.4 Å². The molecule has 0 radical (unpaired) electrons. The lowest BCUT2D eigenvalue weighted by Crippen LogP contribution is -2.12. The Morgan fingerprint density at radius 1 is 1.21 bits per heavy atom. The Bertz CT molecular complexity index is 579. The SMILES string of the molecule is CNC(C)c1cncc(-c2ccc(C(=O)O)cc2)c1. The number of aromatic carboxylic acids is 1. The summed E-state index contributed by atoms with van der Waals surface area (Å²) in [5.74, 6) is -0.915. The van der Waals surface area contributed by atoms with Gasteiger partial charge in [-0.3, -0.25) is 4.98 Å². The normalized spacial score (nSPS) is 12.1. The summed E-state index contributed by atoms with van der Waals surface area (Å²) in [7, 11) is 1.90. The molecular formula is C15H16N2O2. The molecule has 0 aliphatic carbocycles. The van der Waals surface area contributed by atoms with Gasteiger partial charge in [-0.1, -0.05) is 12.1 Å². The molecule has 1 atom stereocenters. The first kappa shape index (κ1) is 13.2. The molecule has 2 aromatic rings. The zero-order valence-corrected chi connectivity index (χ0v) is 10.9. The van der Waals surface area contributed by atoms with Gasteiger partial charge in [0.05, 0.1) is 5.56 Å². The molecule has 0 amide bonds. The summed E-state index contributed by atoms with van der Waals surface area (Å²) >= 11 is 0. The molecule has 0 saturated heterocycles. The van der Waals surface area contributed by atoms with Gasteiger partial charge in [0, 0.05) is 24.0 Å². The molecule has 2 rings (SSSR count). The molecule has 0 fully saturated rings. The van der Waals surface area contributed by atoms with Gasteiger partial charge in [0.15, 0.2) is 0 Å². The van der Waals surface area contributed by atoms with E-state index in [1.165, 1.54) is 0 Å². The minimum atomic E-state index is -0.915. The van der Waals surface area contributed by atoms with Crippen molar-refractivity contribution in [2.45, 2.75) is 13.0 Å². The average molecular weight is 256 g/mol. The first-order chi connectivity index (χ1) is 9.11. The van der Waals surface area contributed by atoms with Crippen molar-refractivity contribution in [3.63, 3.8) is 0 Å². The van der Waals surface area contributed by atoms with Crippen LogP contribution >= 0.6 is 0 Å². The molecule has 1 aromatic carbocycles. The van der Waals surface area contributed by atoms with Gasteiger partial charge in [-0.2, -0.15) is 0 Å². The molecule has 1 heterocycles. The van der Waals surface area contributed by atoms with Crippen LogP contribution in [0.2, 0.25) is 0 Å². The van der Waals surface area contributed by atoms with Crippen LogP contribution in [-0.2, 0) is 0 Å². The number of hydrogen-bond acceptors (Lipinski definition) is 3. The van der Waals surface area contributed by atoms with Crippen molar-refractivity contribution in [2.75, 3.05) is 7.05 Å². The van der Waals surface area contributed by atoms with Gasteiger partial charge in [0.2, 0.25) is 0 Å². The molecular weight excluding hydrogens is 240 g/mol. The topological polar surface area (TPSA) is 62.2 Å². The number of benzene rings is 1. The second-order valence-corrected chi connectivity index (χ2v) is 4.40. The number of aromatic nitrogens is 1. The number of carbonyl (C=O) groups is 1. The molecule has 0 bridgehead atoms. The fourth-order valence-corrected chi connectivity index (χ4v) is 1.82. The third-order valence-electron chi connectivity index (χ3n) is 3.16. The number of hydrogen-bond donors (Lipinski definition) is 2. The maximum absolute atomic E-state index is 10.8. The number of nitrogens with one attached hydrogen (secondary N) is 1. The van der Waals surface area contributed by atoms with E-state index < -0.39 is 5.97 Å². The molecule has 2 N–H and O–H groups in total. The van der Waals surface area contributed by atoms with Crippen molar-refractivity contribution in [1.82, 2.24) is 10.3 Å². The van der Waals surface area contributed by atoms with Gasteiger partial charge in [-0.05, 0) is 43.3 Å². The van der Waals surface area contributed by atoms with Crippen molar-refractivity contribution in [3.05, 3.63) is 53.9 Å². The third-order valence-corrected chi connectivity index (χ3v) is 3.16. The van der Waals surface area contributed by atoms with Crippen LogP contribution in [0.4, 0.5) is 0 Å². The van der Waals surface area contributed by atoms with E-state index in [-0.39, 0.29) is 11.6 Å². The van der Waals surface area contributed by atoms with Crippen LogP contribution in [0.1, 0.15) is 28.9 Å². The molecule has 0 spiro atoms. The van der Waals surface area contributed by atoms with Crippen LogP contribution in [0.3, 0.4) is 0 Å². The van der Waals surface area contributed by atoms with Crippen LogP contribution < -0.4 is 5.32 Å². The van der Waals surface area contributed by atoms with E-state index in [1.54, 1.807) is 30.5 Å². The lowest BCUT2D eigenvalue weighted by atomic mass is 10.0. The Kier molecular flexibility index (Phi) is 3.92. The van der Waals surface area contributed by atoms with Gasteiger partial charge in [-0.25, -0.2) is 4.79 Å². The molecule has 0 aliphatic heterocycles. The highest BCUT2D eigenvalue weighted by molar-refractivity contribution is 5.88. The number of rotatable bonds is 4. The predicted octanol–water partition coefficient (Wildman–Crippen LogP) is 2.73. The van der Waals surface area contributed by atoms with Gasteiger partial charge in [0.1, 0.15) is 0 Å². The van der Waals surface area contributed by atoms with Crippen LogP contribution in [0.25, 0.3) is 11.1 Å². The van der Waals surface area contributed by atoms with E-state index in [2.05, 4.69) is 23.3 Å². The largest absolute Gasteiger partial charge is 0.478 e. The summed E-state index contributed by atoms with van der Waals surface area (Å²) in [6.07, 6.45) is 3.61. The molecule has 0 saturated carbocycles. The monoisotopic (exact) mass is 256 g/mol. The van der Waals surface area contributed by atoms with E-state index in [9.17, 15) is 4.79 Å². The smallest absolute Gasteiger partial charge is 0.335 e. The van der Waals surface area contributed by atoms with E-state index in [0.29, 0.717) is 0 Å².